The first kappa shape index (κ1) is 20.0. The van der Waals surface area contributed by atoms with Gasteiger partial charge in [0.15, 0.2) is 0 Å². The standard InChI is InChI=1S/C19H25N3O3S2/c1-13-8-14(2)10-17(9-13)27(24,25)22-6-4-16(5-7-22)19(23)21-12-18-20-11-15(3)26-18/h8-11,16H,4-7,12H2,1-3H3,(H,21,23). The van der Waals surface area contributed by atoms with Crippen molar-refractivity contribution in [1.82, 2.24) is 14.6 Å². The Labute approximate surface area is 164 Å². The van der Waals surface area contributed by atoms with E-state index in [0.717, 1.165) is 21.0 Å². The number of hydrogen-bond acceptors (Lipinski definition) is 5. The van der Waals surface area contributed by atoms with E-state index in [1.165, 1.54) is 4.31 Å². The van der Waals surface area contributed by atoms with Crippen LogP contribution in [0.3, 0.4) is 0 Å². The summed E-state index contributed by atoms with van der Waals surface area (Å²) in [6, 6.07) is 5.37. The number of rotatable bonds is 5. The topological polar surface area (TPSA) is 79.4 Å². The van der Waals surface area contributed by atoms with Crippen LogP contribution < -0.4 is 5.32 Å². The van der Waals surface area contributed by atoms with Gasteiger partial charge >= 0.3 is 0 Å². The van der Waals surface area contributed by atoms with Crippen molar-refractivity contribution in [2.24, 2.45) is 5.92 Å². The van der Waals surface area contributed by atoms with Crippen LogP contribution in [0.1, 0.15) is 33.9 Å². The lowest BCUT2D eigenvalue weighted by molar-refractivity contribution is -0.126. The second kappa shape index (κ2) is 8.08. The zero-order chi connectivity index (χ0) is 19.6. The Balaban J connectivity index is 1.58. The second-order valence-electron chi connectivity index (χ2n) is 7.08. The molecule has 1 saturated heterocycles. The molecule has 0 bridgehead atoms. The summed E-state index contributed by atoms with van der Waals surface area (Å²) < 4.78 is 27.3. The lowest BCUT2D eigenvalue weighted by Crippen LogP contribution is -2.42. The van der Waals surface area contributed by atoms with Gasteiger partial charge < -0.3 is 5.32 Å². The Kier molecular flexibility index (Phi) is 5.98. The van der Waals surface area contributed by atoms with E-state index in [9.17, 15) is 13.2 Å². The van der Waals surface area contributed by atoms with E-state index in [1.807, 2.05) is 26.8 Å². The maximum atomic E-state index is 12.9. The lowest BCUT2D eigenvalue weighted by atomic mass is 9.97. The van der Waals surface area contributed by atoms with E-state index in [-0.39, 0.29) is 11.8 Å². The summed E-state index contributed by atoms with van der Waals surface area (Å²) in [5, 5.41) is 3.81. The third-order valence-corrected chi connectivity index (χ3v) is 7.53. The smallest absolute Gasteiger partial charge is 0.243 e. The van der Waals surface area contributed by atoms with Crippen LogP contribution in [0.25, 0.3) is 0 Å². The molecular weight excluding hydrogens is 382 g/mol. The fraction of sp³-hybridized carbons (Fsp3) is 0.474. The number of amides is 1. The molecule has 0 unspecified atom stereocenters. The van der Waals surface area contributed by atoms with Crippen molar-refractivity contribution < 1.29 is 13.2 Å². The summed E-state index contributed by atoms with van der Waals surface area (Å²) in [4.78, 5) is 18.1. The lowest BCUT2D eigenvalue weighted by Gasteiger charge is -2.30. The number of sulfonamides is 1. The summed E-state index contributed by atoms with van der Waals surface area (Å²) in [7, 11) is -3.52. The highest BCUT2D eigenvalue weighted by Crippen LogP contribution is 2.25. The molecule has 0 aliphatic carbocycles. The van der Waals surface area contributed by atoms with E-state index < -0.39 is 10.0 Å². The van der Waals surface area contributed by atoms with Gasteiger partial charge in [0, 0.05) is 30.1 Å². The van der Waals surface area contributed by atoms with Crippen molar-refractivity contribution in [3.63, 3.8) is 0 Å². The molecule has 0 atom stereocenters. The normalized spacial score (nSPS) is 16.4. The van der Waals surface area contributed by atoms with Gasteiger partial charge in [0.05, 0.1) is 11.4 Å². The summed E-state index contributed by atoms with van der Waals surface area (Å²) in [6.45, 7) is 6.93. The third kappa shape index (κ3) is 4.75. The van der Waals surface area contributed by atoms with Crippen molar-refractivity contribution in [2.45, 2.75) is 45.1 Å². The Morgan fingerprint density at radius 1 is 1.19 bits per heavy atom. The molecule has 0 spiro atoms. The van der Waals surface area contributed by atoms with Crippen LogP contribution in [-0.2, 0) is 21.4 Å². The van der Waals surface area contributed by atoms with Gasteiger partial charge in [0.25, 0.3) is 0 Å². The maximum absolute atomic E-state index is 12.9. The number of thiazole rings is 1. The van der Waals surface area contributed by atoms with Gasteiger partial charge in [-0.15, -0.1) is 11.3 Å². The highest BCUT2D eigenvalue weighted by Gasteiger charge is 2.32. The molecule has 3 rings (SSSR count). The minimum atomic E-state index is -3.52. The van der Waals surface area contributed by atoms with Crippen LogP contribution in [-0.4, -0.2) is 36.7 Å². The van der Waals surface area contributed by atoms with Crippen molar-refractivity contribution in [3.8, 4) is 0 Å². The zero-order valence-electron chi connectivity index (χ0n) is 15.9. The first-order chi connectivity index (χ1) is 12.8. The molecule has 8 heteroatoms. The molecule has 1 N–H and O–H groups in total. The van der Waals surface area contributed by atoms with Gasteiger partial charge in [0.1, 0.15) is 5.01 Å². The molecule has 0 saturated carbocycles. The summed E-state index contributed by atoms with van der Waals surface area (Å²) in [5.41, 5.74) is 1.86. The molecule has 27 heavy (non-hydrogen) atoms. The number of aromatic nitrogens is 1. The zero-order valence-corrected chi connectivity index (χ0v) is 17.5. The number of nitrogens with one attached hydrogen (secondary N) is 1. The van der Waals surface area contributed by atoms with Gasteiger partial charge in [-0.3, -0.25) is 4.79 Å². The highest BCUT2D eigenvalue weighted by molar-refractivity contribution is 7.89. The fourth-order valence-corrected chi connectivity index (χ4v) is 5.77. The van der Waals surface area contributed by atoms with E-state index >= 15 is 0 Å². The molecule has 0 radical (unpaired) electrons. The molecule has 2 heterocycles. The first-order valence-electron chi connectivity index (χ1n) is 9.03. The number of aryl methyl sites for hydroxylation is 3. The van der Waals surface area contributed by atoms with Crippen LogP contribution in [0.5, 0.6) is 0 Å². The SMILES string of the molecule is Cc1cc(C)cc(S(=O)(=O)N2CCC(C(=O)NCc3ncc(C)s3)CC2)c1. The quantitative estimate of drug-likeness (QED) is 0.827. The number of carbonyl (C=O) groups excluding carboxylic acids is 1. The monoisotopic (exact) mass is 407 g/mol. The van der Waals surface area contributed by atoms with Gasteiger partial charge in [0.2, 0.25) is 15.9 Å². The predicted octanol–water partition coefficient (Wildman–Crippen LogP) is 2.79. The maximum Gasteiger partial charge on any atom is 0.243 e. The minimum Gasteiger partial charge on any atom is -0.349 e. The van der Waals surface area contributed by atoms with E-state index in [2.05, 4.69) is 10.3 Å². The first-order valence-corrected chi connectivity index (χ1v) is 11.3. The molecule has 1 amide bonds. The summed E-state index contributed by atoms with van der Waals surface area (Å²) in [6.07, 6.45) is 2.86. The highest BCUT2D eigenvalue weighted by atomic mass is 32.2. The van der Waals surface area contributed by atoms with E-state index in [4.69, 9.17) is 0 Å². The molecule has 1 aliphatic heterocycles. The van der Waals surface area contributed by atoms with Crippen LogP contribution in [0.4, 0.5) is 0 Å². The predicted molar refractivity (Wildman–Crippen MR) is 106 cm³/mol. The number of benzene rings is 1. The van der Waals surface area contributed by atoms with Crippen LogP contribution in [0.2, 0.25) is 0 Å². The largest absolute Gasteiger partial charge is 0.349 e. The van der Waals surface area contributed by atoms with Gasteiger partial charge in [-0.1, -0.05) is 6.07 Å². The third-order valence-electron chi connectivity index (χ3n) is 4.74. The Hall–Kier alpha value is -1.77. The average molecular weight is 408 g/mol. The van der Waals surface area contributed by atoms with Crippen molar-refractivity contribution in [3.05, 3.63) is 45.4 Å². The molecular formula is C19H25N3O3S2. The minimum absolute atomic E-state index is 0.0219. The number of hydrogen-bond donors (Lipinski definition) is 1. The van der Waals surface area contributed by atoms with Crippen molar-refractivity contribution in [2.75, 3.05) is 13.1 Å². The van der Waals surface area contributed by atoms with Crippen LogP contribution in [0.15, 0.2) is 29.3 Å². The van der Waals surface area contributed by atoms with Crippen molar-refractivity contribution in [1.29, 1.82) is 0 Å². The van der Waals surface area contributed by atoms with Gasteiger partial charge in [-0.25, -0.2) is 13.4 Å². The van der Waals surface area contributed by atoms with Crippen LogP contribution in [0, 0.1) is 26.7 Å². The van der Waals surface area contributed by atoms with Gasteiger partial charge in [-0.2, -0.15) is 4.31 Å². The molecule has 1 aromatic heterocycles. The van der Waals surface area contributed by atoms with Crippen molar-refractivity contribution >= 4 is 27.3 Å². The number of carbonyl (C=O) groups is 1. The Morgan fingerprint density at radius 2 is 1.81 bits per heavy atom. The summed E-state index contributed by atoms with van der Waals surface area (Å²) in [5.74, 6) is -0.178. The number of nitrogens with zero attached hydrogens (tertiary/aromatic N) is 2. The molecule has 146 valence electrons. The molecule has 1 aliphatic rings. The Morgan fingerprint density at radius 3 is 2.37 bits per heavy atom. The second-order valence-corrected chi connectivity index (χ2v) is 10.3. The fourth-order valence-electron chi connectivity index (χ4n) is 3.38. The van der Waals surface area contributed by atoms with Gasteiger partial charge in [-0.05, 0) is 56.9 Å². The van der Waals surface area contributed by atoms with Crippen LogP contribution >= 0.6 is 11.3 Å². The number of piperidine rings is 1. The van der Waals surface area contributed by atoms with E-state index in [0.29, 0.717) is 37.4 Å². The molecule has 1 fully saturated rings. The van der Waals surface area contributed by atoms with E-state index in [1.54, 1.807) is 29.7 Å². The Bertz CT molecular complexity index is 909. The molecule has 6 nitrogen and oxygen atoms in total. The molecule has 1 aromatic carbocycles. The summed E-state index contributed by atoms with van der Waals surface area (Å²) >= 11 is 1.57. The molecule has 2 aromatic rings. The average Bonchev–Trinajstić information content (AvgIpc) is 3.04.